The molecule has 0 bridgehead atoms. The summed E-state index contributed by atoms with van der Waals surface area (Å²) in [6.07, 6.45) is 2.94. The molecule has 2 heterocycles. The summed E-state index contributed by atoms with van der Waals surface area (Å²) in [5.41, 5.74) is 2.41. The minimum atomic E-state index is 0.389. The fourth-order valence-corrected chi connectivity index (χ4v) is 2.72. The molecule has 2 aromatic heterocycles. The van der Waals surface area contributed by atoms with Gasteiger partial charge in [0.1, 0.15) is 0 Å². The van der Waals surface area contributed by atoms with Crippen LogP contribution in [0.4, 0.5) is 0 Å². The molecule has 2 rings (SSSR count). The molecule has 0 aromatic carbocycles. The van der Waals surface area contributed by atoms with E-state index in [9.17, 15) is 0 Å². The highest BCUT2D eigenvalue weighted by Gasteiger charge is 2.11. The van der Waals surface area contributed by atoms with Crippen molar-refractivity contribution in [1.29, 1.82) is 0 Å². The van der Waals surface area contributed by atoms with Crippen molar-refractivity contribution in [2.45, 2.75) is 26.3 Å². The zero-order valence-corrected chi connectivity index (χ0v) is 11.1. The van der Waals surface area contributed by atoms with E-state index in [-0.39, 0.29) is 0 Å². The van der Waals surface area contributed by atoms with Crippen LogP contribution in [0.5, 0.6) is 0 Å². The van der Waals surface area contributed by atoms with Gasteiger partial charge in [-0.3, -0.25) is 4.98 Å². The van der Waals surface area contributed by atoms with Crippen LogP contribution >= 0.6 is 11.3 Å². The van der Waals surface area contributed by atoms with E-state index in [1.807, 2.05) is 24.5 Å². The predicted molar refractivity (Wildman–Crippen MR) is 73.4 cm³/mol. The Labute approximate surface area is 107 Å². The summed E-state index contributed by atoms with van der Waals surface area (Å²) in [7, 11) is 0. The van der Waals surface area contributed by atoms with Gasteiger partial charge in [-0.25, -0.2) is 0 Å². The van der Waals surface area contributed by atoms with Crippen molar-refractivity contribution >= 4 is 11.3 Å². The van der Waals surface area contributed by atoms with Crippen LogP contribution in [-0.4, -0.2) is 11.5 Å². The third kappa shape index (κ3) is 3.38. The van der Waals surface area contributed by atoms with Gasteiger partial charge in [0.25, 0.3) is 0 Å². The highest BCUT2D eigenvalue weighted by molar-refractivity contribution is 7.09. The number of nitrogens with zero attached hydrogens (tertiary/aromatic N) is 1. The molecule has 0 amide bonds. The van der Waals surface area contributed by atoms with E-state index >= 15 is 0 Å². The summed E-state index contributed by atoms with van der Waals surface area (Å²) in [5, 5.41) is 5.68. The fourth-order valence-electron chi connectivity index (χ4n) is 1.97. The summed E-state index contributed by atoms with van der Waals surface area (Å²) in [4.78, 5) is 5.68. The minimum absolute atomic E-state index is 0.389. The Morgan fingerprint density at radius 1 is 1.41 bits per heavy atom. The molecule has 0 aliphatic heterocycles. The van der Waals surface area contributed by atoms with Gasteiger partial charge in [-0.2, -0.15) is 0 Å². The Balaban J connectivity index is 2.16. The van der Waals surface area contributed by atoms with Crippen LogP contribution in [0, 0.1) is 6.92 Å². The molecule has 0 aliphatic rings. The van der Waals surface area contributed by atoms with E-state index in [4.69, 9.17) is 0 Å². The Hall–Kier alpha value is -1.19. The maximum absolute atomic E-state index is 4.25. The number of aromatic nitrogens is 1. The lowest BCUT2D eigenvalue weighted by Gasteiger charge is -2.17. The molecule has 0 saturated carbocycles. The molecular formula is C14H18N2S. The lowest BCUT2D eigenvalue weighted by Crippen LogP contribution is -2.22. The molecule has 2 aromatic rings. The van der Waals surface area contributed by atoms with Gasteiger partial charge in [0.15, 0.2) is 0 Å². The summed E-state index contributed by atoms with van der Waals surface area (Å²) in [6.45, 7) is 5.17. The molecule has 3 heteroatoms. The van der Waals surface area contributed by atoms with Crippen molar-refractivity contribution in [3.05, 3.63) is 52.0 Å². The predicted octanol–water partition coefficient (Wildman–Crippen LogP) is 3.34. The molecule has 0 radical (unpaired) electrons. The number of likely N-dealkylation sites (N-methyl/N-ethyl adjacent to an activating group) is 1. The first-order valence-electron chi connectivity index (χ1n) is 5.98. The third-order valence-electron chi connectivity index (χ3n) is 2.76. The van der Waals surface area contributed by atoms with Crippen LogP contribution in [0.2, 0.25) is 0 Å². The Morgan fingerprint density at radius 2 is 2.29 bits per heavy atom. The standard InChI is InChI=1S/C14H18N2S/c1-3-15-14(10-13-5-4-8-17-13)12-6-7-16-11(2)9-12/h4-9,14-15H,3,10H2,1-2H3. The number of nitrogens with one attached hydrogen (secondary N) is 1. The highest BCUT2D eigenvalue weighted by atomic mass is 32.1. The van der Waals surface area contributed by atoms with Gasteiger partial charge in [0.05, 0.1) is 0 Å². The van der Waals surface area contributed by atoms with Crippen molar-refractivity contribution in [1.82, 2.24) is 10.3 Å². The number of pyridine rings is 1. The summed E-state index contributed by atoms with van der Waals surface area (Å²) >= 11 is 1.82. The second kappa shape index (κ2) is 5.94. The number of rotatable bonds is 5. The number of hydrogen-bond donors (Lipinski definition) is 1. The van der Waals surface area contributed by atoms with Crippen LogP contribution in [0.15, 0.2) is 35.8 Å². The topological polar surface area (TPSA) is 24.9 Å². The summed E-state index contributed by atoms with van der Waals surface area (Å²) < 4.78 is 0. The maximum atomic E-state index is 4.25. The Bertz CT molecular complexity index is 451. The van der Waals surface area contributed by atoms with Crippen LogP contribution in [0.3, 0.4) is 0 Å². The SMILES string of the molecule is CCNC(Cc1cccs1)c1ccnc(C)c1. The van der Waals surface area contributed by atoms with Gasteiger partial charge in [-0.1, -0.05) is 13.0 Å². The van der Waals surface area contributed by atoms with Crippen LogP contribution in [0.1, 0.15) is 29.1 Å². The molecule has 1 N–H and O–H groups in total. The van der Waals surface area contributed by atoms with Gasteiger partial charge in [-0.15, -0.1) is 11.3 Å². The largest absolute Gasteiger partial charge is 0.310 e. The molecular weight excluding hydrogens is 228 g/mol. The third-order valence-corrected chi connectivity index (χ3v) is 3.66. The summed E-state index contributed by atoms with van der Waals surface area (Å²) in [5.74, 6) is 0. The zero-order valence-electron chi connectivity index (χ0n) is 10.3. The van der Waals surface area contributed by atoms with Crippen LogP contribution < -0.4 is 5.32 Å². The maximum Gasteiger partial charge on any atom is 0.0375 e. The first-order valence-corrected chi connectivity index (χ1v) is 6.86. The second-order valence-electron chi connectivity index (χ2n) is 4.12. The molecule has 0 fully saturated rings. The Morgan fingerprint density at radius 3 is 2.94 bits per heavy atom. The van der Waals surface area contributed by atoms with E-state index in [1.54, 1.807) is 0 Å². The van der Waals surface area contributed by atoms with E-state index in [1.165, 1.54) is 10.4 Å². The fraction of sp³-hybridized carbons (Fsp3) is 0.357. The first kappa shape index (κ1) is 12.3. The monoisotopic (exact) mass is 246 g/mol. The zero-order chi connectivity index (χ0) is 12.1. The molecule has 1 atom stereocenters. The smallest absolute Gasteiger partial charge is 0.0375 e. The van der Waals surface area contributed by atoms with E-state index < -0.39 is 0 Å². The highest BCUT2D eigenvalue weighted by Crippen LogP contribution is 2.21. The van der Waals surface area contributed by atoms with E-state index in [2.05, 4.69) is 46.9 Å². The van der Waals surface area contributed by atoms with Gasteiger partial charge in [-0.05, 0) is 42.6 Å². The molecule has 0 spiro atoms. The first-order chi connectivity index (χ1) is 8.29. The number of hydrogen-bond acceptors (Lipinski definition) is 3. The van der Waals surface area contributed by atoms with Crippen LogP contribution in [-0.2, 0) is 6.42 Å². The Kier molecular flexibility index (Phi) is 4.29. The quantitative estimate of drug-likeness (QED) is 0.875. The molecule has 1 unspecified atom stereocenters. The van der Waals surface area contributed by atoms with Gasteiger partial charge < -0.3 is 5.32 Å². The van der Waals surface area contributed by atoms with Crippen LogP contribution in [0.25, 0.3) is 0 Å². The lowest BCUT2D eigenvalue weighted by atomic mass is 10.0. The van der Waals surface area contributed by atoms with Gasteiger partial charge in [0, 0.05) is 29.2 Å². The lowest BCUT2D eigenvalue weighted by molar-refractivity contribution is 0.552. The van der Waals surface area contributed by atoms with Gasteiger partial charge >= 0.3 is 0 Å². The molecule has 2 nitrogen and oxygen atoms in total. The van der Waals surface area contributed by atoms with Crippen molar-refractivity contribution in [2.75, 3.05) is 6.54 Å². The average molecular weight is 246 g/mol. The van der Waals surface area contributed by atoms with Gasteiger partial charge in [0.2, 0.25) is 0 Å². The number of thiophene rings is 1. The molecule has 0 saturated heterocycles. The molecule has 90 valence electrons. The normalized spacial score (nSPS) is 12.6. The molecule has 17 heavy (non-hydrogen) atoms. The van der Waals surface area contributed by atoms with Crippen molar-refractivity contribution in [2.24, 2.45) is 0 Å². The van der Waals surface area contributed by atoms with Crippen molar-refractivity contribution < 1.29 is 0 Å². The summed E-state index contributed by atoms with van der Waals surface area (Å²) in [6, 6.07) is 8.97. The van der Waals surface area contributed by atoms with E-state index in [0.717, 1.165) is 18.7 Å². The minimum Gasteiger partial charge on any atom is -0.310 e. The molecule has 0 aliphatic carbocycles. The van der Waals surface area contributed by atoms with Crippen molar-refractivity contribution in [3.8, 4) is 0 Å². The van der Waals surface area contributed by atoms with E-state index in [0.29, 0.717) is 6.04 Å². The second-order valence-corrected chi connectivity index (χ2v) is 5.16. The average Bonchev–Trinajstić information content (AvgIpc) is 2.81. The van der Waals surface area contributed by atoms with Crippen molar-refractivity contribution in [3.63, 3.8) is 0 Å². The number of aryl methyl sites for hydroxylation is 1.